The molecule has 0 atom stereocenters. The van der Waals surface area contributed by atoms with Gasteiger partial charge in [-0.25, -0.2) is 4.98 Å². The third-order valence-corrected chi connectivity index (χ3v) is 6.97. The predicted molar refractivity (Wildman–Crippen MR) is 147 cm³/mol. The lowest BCUT2D eigenvalue weighted by Gasteiger charge is -2.28. The maximum atomic E-state index is 12.8. The fraction of sp³-hybridized carbons (Fsp3) is 0.300. The summed E-state index contributed by atoms with van der Waals surface area (Å²) in [6.45, 7) is 0.560. The van der Waals surface area contributed by atoms with E-state index in [1.807, 2.05) is 55.4 Å². The summed E-state index contributed by atoms with van der Waals surface area (Å²) >= 11 is 0. The molecule has 184 valence electrons. The number of nitrogens with zero attached hydrogens (tertiary/aromatic N) is 3. The van der Waals surface area contributed by atoms with Crippen LogP contribution in [-0.4, -0.2) is 36.0 Å². The molecule has 4 aromatic rings. The molecular formula is C30H33N5O. The molecule has 3 aromatic carbocycles. The minimum atomic E-state index is 0.0569. The van der Waals surface area contributed by atoms with Crippen molar-refractivity contribution in [3.8, 4) is 11.1 Å². The van der Waals surface area contributed by atoms with Crippen molar-refractivity contribution in [3.63, 3.8) is 0 Å². The largest absolute Gasteiger partial charge is 0.362 e. The molecule has 0 bridgehead atoms. The summed E-state index contributed by atoms with van der Waals surface area (Å²) in [6, 6.07) is 27.1. The number of carbonyl (C=O) groups is 1. The van der Waals surface area contributed by atoms with Crippen molar-refractivity contribution < 1.29 is 4.79 Å². The molecule has 2 N–H and O–H groups in total. The zero-order chi connectivity index (χ0) is 24.9. The third-order valence-electron chi connectivity index (χ3n) is 6.97. The second-order valence-electron chi connectivity index (χ2n) is 9.76. The molecule has 36 heavy (non-hydrogen) atoms. The van der Waals surface area contributed by atoms with E-state index in [0.29, 0.717) is 12.5 Å². The van der Waals surface area contributed by atoms with Gasteiger partial charge in [0.2, 0.25) is 11.9 Å². The molecule has 0 saturated heterocycles. The summed E-state index contributed by atoms with van der Waals surface area (Å²) < 4.78 is 0. The average molecular weight is 480 g/mol. The molecular weight excluding hydrogens is 446 g/mol. The number of amides is 1. The maximum Gasteiger partial charge on any atom is 0.225 e. The van der Waals surface area contributed by atoms with Crippen LogP contribution in [0.5, 0.6) is 0 Å². The van der Waals surface area contributed by atoms with E-state index < -0.39 is 0 Å². The van der Waals surface area contributed by atoms with Crippen LogP contribution in [0.15, 0.2) is 78.9 Å². The first-order valence-electron chi connectivity index (χ1n) is 12.7. The van der Waals surface area contributed by atoms with Gasteiger partial charge in [0.05, 0.1) is 5.52 Å². The fourth-order valence-corrected chi connectivity index (χ4v) is 4.93. The zero-order valence-electron chi connectivity index (χ0n) is 20.9. The summed E-state index contributed by atoms with van der Waals surface area (Å²) in [5.41, 5.74) is 4.43. The minimum Gasteiger partial charge on any atom is -0.362 e. The Labute approximate surface area is 212 Å². The first-order valence-corrected chi connectivity index (χ1v) is 12.7. The smallest absolute Gasteiger partial charge is 0.225 e. The van der Waals surface area contributed by atoms with E-state index >= 15 is 0 Å². The Hall–Kier alpha value is -3.93. The molecule has 1 aliphatic rings. The second kappa shape index (κ2) is 10.8. The van der Waals surface area contributed by atoms with Crippen molar-refractivity contribution in [2.45, 2.75) is 38.3 Å². The number of benzene rings is 3. The van der Waals surface area contributed by atoms with Gasteiger partial charge in [0.25, 0.3) is 0 Å². The topological polar surface area (TPSA) is 70.2 Å². The van der Waals surface area contributed by atoms with E-state index in [0.717, 1.165) is 48.0 Å². The molecule has 1 amide bonds. The molecule has 6 nitrogen and oxygen atoms in total. The van der Waals surface area contributed by atoms with Crippen LogP contribution in [0, 0.1) is 5.92 Å². The maximum absolute atomic E-state index is 12.8. The number of para-hydroxylation sites is 1. The van der Waals surface area contributed by atoms with E-state index in [-0.39, 0.29) is 17.9 Å². The molecule has 6 heteroatoms. The highest BCUT2D eigenvalue weighted by Crippen LogP contribution is 2.28. The molecule has 1 saturated carbocycles. The van der Waals surface area contributed by atoms with Crippen LogP contribution in [0.4, 0.5) is 11.8 Å². The lowest BCUT2D eigenvalue weighted by Crippen LogP contribution is -2.35. The summed E-state index contributed by atoms with van der Waals surface area (Å²) in [5.74, 6) is 1.77. The first kappa shape index (κ1) is 23.8. The Morgan fingerprint density at radius 2 is 1.50 bits per heavy atom. The van der Waals surface area contributed by atoms with Gasteiger partial charge in [0, 0.05) is 38.0 Å². The molecule has 0 spiro atoms. The van der Waals surface area contributed by atoms with Crippen LogP contribution in [-0.2, 0) is 11.3 Å². The Kier molecular flexibility index (Phi) is 7.12. The van der Waals surface area contributed by atoms with Crippen molar-refractivity contribution in [3.05, 3.63) is 84.4 Å². The van der Waals surface area contributed by atoms with Crippen LogP contribution in [0.3, 0.4) is 0 Å². The van der Waals surface area contributed by atoms with E-state index in [1.165, 1.54) is 11.1 Å². The minimum absolute atomic E-state index is 0.0569. The van der Waals surface area contributed by atoms with Gasteiger partial charge >= 0.3 is 0 Å². The number of aromatic nitrogens is 2. The van der Waals surface area contributed by atoms with Gasteiger partial charge in [-0.2, -0.15) is 4.98 Å². The lowest BCUT2D eigenvalue weighted by molar-refractivity contribution is -0.126. The number of fused-ring (bicyclic) bond motifs is 1. The Bertz CT molecular complexity index is 1310. The molecule has 0 unspecified atom stereocenters. The van der Waals surface area contributed by atoms with E-state index in [9.17, 15) is 4.79 Å². The summed E-state index contributed by atoms with van der Waals surface area (Å²) in [5, 5.41) is 7.71. The van der Waals surface area contributed by atoms with Crippen molar-refractivity contribution in [1.82, 2.24) is 15.3 Å². The number of nitrogens with one attached hydrogen (secondary N) is 2. The second-order valence-corrected chi connectivity index (χ2v) is 9.76. The van der Waals surface area contributed by atoms with Gasteiger partial charge in [-0.3, -0.25) is 4.79 Å². The normalized spacial score (nSPS) is 17.5. The SMILES string of the molecule is CN(C)c1nc(N[C@H]2CC[C@@H](C(=O)NCc3ccc(-c4ccccc4)cc3)CC2)nc2ccccc12. The van der Waals surface area contributed by atoms with Gasteiger partial charge in [-0.1, -0.05) is 66.7 Å². The molecule has 5 rings (SSSR count). The molecule has 1 heterocycles. The molecule has 0 aliphatic heterocycles. The van der Waals surface area contributed by atoms with Crippen LogP contribution >= 0.6 is 0 Å². The summed E-state index contributed by atoms with van der Waals surface area (Å²) in [6.07, 6.45) is 3.59. The first-order chi connectivity index (χ1) is 17.6. The van der Waals surface area contributed by atoms with Crippen LogP contribution in [0.1, 0.15) is 31.2 Å². The average Bonchev–Trinajstić information content (AvgIpc) is 2.92. The lowest BCUT2D eigenvalue weighted by atomic mass is 9.85. The zero-order valence-corrected chi connectivity index (χ0v) is 20.9. The number of hydrogen-bond acceptors (Lipinski definition) is 5. The fourth-order valence-electron chi connectivity index (χ4n) is 4.93. The van der Waals surface area contributed by atoms with Gasteiger partial charge < -0.3 is 15.5 Å². The highest BCUT2D eigenvalue weighted by Gasteiger charge is 2.26. The number of anilines is 2. The van der Waals surface area contributed by atoms with Gasteiger partial charge in [-0.05, 0) is 54.5 Å². The van der Waals surface area contributed by atoms with Gasteiger partial charge in [0.15, 0.2) is 0 Å². The Morgan fingerprint density at radius 1 is 0.833 bits per heavy atom. The Balaban J connectivity index is 1.13. The van der Waals surface area contributed by atoms with E-state index in [2.05, 4.69) is 53.1 Å². The summed E-state index contributed by atoms with van der Waals surface area (Å²) in [7, 11) is 4.00. The third kappa shape index (κ3) is 5.48. The van der Waals surface area contributed by atoms with Crippen molar-refractivity contribution >= 4 is 28.6 Å². The number of carbonyl (C=O) groups excluding carboxylic acids is 1. The summed E-state index contributed by atoms with van der Waals surface area (Å²) in [4.78, 5) is 24.3. The monoisotopic (exact) mass is 479 g/mol. The molecule has 0 radical (unpaired) electrons. The van der Waals surface area contributed by atoms with Crippen molar-refractivity contribution in [2.24, 2.45) is 5.92 Å². The Morgan fingerprint density at radius 3 is 2.22 bits per heavy atom. The standard InChI is InChI=1S/C30H33N5O/c1-35(2)28-26-10-6-7-11-27(26)33-30(34-28)32-25-18-16-24(17-19-25)29(36)31-20-21-12-14-23(15-13-21)22-8-4-3-5-9-22/h3-15,24-25H,16-20H2,1-2H3,(H,31,36)(H,32,33,34)/t24-,25+. The van der Waals surface area contributed by atoms with Crippen LogP contribution in [0.2, 0.25) is 0 Å². The van der Waals surface area contributed by atoms with E-state index in [1.54, 1.807) is 0 Å². The number of hydrogen-bond donors (Lipinski definition) is 2. The molecule has 1 aliphatic carbocycles. The molecule has 1 fully saturated rings. The van der Waals surface area contributed by atoms with Gasteiger partial charge in [-0.15, -0.1) is 0 Å². The van der Waals surface area contributed by atoms with E-state index in [4.69, 9.17) is 9.97 Å². The van der Waals surface area contributed by atoms with Crippen LogP contribution in [0.25, 0.3) is 22.0 Å². The van der Waals surface area contributed by atoms with Crippen molar-refractivity contribution in [1.29, 1.82) is 0 Å². The van der Waals surface area contributed by atoms with Gasteiger partial charge in [0.1, 0.15) is 5.82 Å². The van der Waals surface area contributed by atoms with Crippen molar-refractivity contribution in [2.75, 3.05) is 24.3 Å². The molecule has 1 aromatic heterocycles. The highest BCUT2D eigenvalue weighted by atomic mass is 16.1. The van der Waals surface area contributed by atoms with Crippen LogP contribution < -0.4 is 15.5 Å². The predicted octanol–water partition coefficient (Wildman–Crippen LogP) is 5.65. The highest BCUT2D eigenvalue weighted by molar-refractivity contribution is 5.90. The number of rotatable bonds is 7. The quantitative estimate of drug-likeness (QED) is 0.358.